The second-order valence-electron chi connectivity index (χ2n) is 5.72. The van der Waals surface area contributed by atoms with E-state index >= 15 is 0 Å². The molecule has 3 heterocycles. The Hall–Kier alpha value is -2.61. The number of aromatic nitrogens is 2. The van der Waals surface area contributed by atoms with Gasteiger partial charge < -0.3 is 14.7 Å². The lowest BCUT2D eigenvalue weighted by molar-refractivity contribution is -0.121. The van der Waals surface area contributed by atoms with Gasteiger partial charge in [0.05, 0.1) is 18.3 Å². The molecule has 0 aromatic carbocycles. The molecule has 7 nitrogen and oxygen atoms in total. The molecule has 0 atom stereocenters. The Labute approximate surface area is 147 Å². The minimum Gasteiger partial charge on any atom is -0.467 e. The summed E-state index contributed by atoms with van der Waals surface area (Å²) in [5.74, 6) is 0.683. The minimum atomic E-state index is -0.382. The molecule has 0 radical (unpaired) electrons. The van der Waals surface area contributed by atoms with Crippen LogP contribution in [0, 0.1) is 0 Å². The van der Waals surface area contributed by atoms with E-state index in [4.69, 9.17) is 4.42 Å². The molecule has 0 bridgehead atoms. The van der Waals surface area contributed by atoms with Gasteiger partial charge in [-0.3, -0.25) is 14.2 Å². The van der Waals surface area contributed by atoms with Gasteiger partial charge in [-0.05, 0) is 36.4 Å². The van der Waals surface area contributed by atoms with E-state index in [2.05, 4.69) is 10.3 Å². The molecule has 8 heteroatoms. The zero-order chi connectivity index (χ0) is 17.6. The summed E-state index contributed by atoms with van der Waals surface area (Å²) in [7, 11) is 0. The number of unbranched alkanes of at least 4 members (excludes halogenated alkanes) is 2. The number of H-pyrrole nitrogens is 1. The molecule has 0 spiro atoms. The van der Waals surface area contributed by atoms with E-state index < -0.39 is 0 Å². The van der Waals surface area contributed by atoms with Crippen molar-refractivity contribution in [2.24, 2.45) is 0 Å². The van der Waals surface area contributed by atoms with E-state index in [9.17, 15) is 14.4 Å². The van der Waals surface area contributed by atoms with Gasteiger partial charge in [-0.25, -0.2) is 4.79 Å². The number of rotatable bonds is 8. The van der Waals surface area contributed by atoms with Crippen LogP contribution in [0.3, 0.4) is 0 Å². The zero-order valence-corrected chi connectivity index (χ0v) is 14.4. The molecular formula is C17H19N3O4S. The van der Waals surface area contributed by atoms with Gasteiger partial charge >= 0.3 is 5.69 Å². The number of aromatic amines is 1. The highest BCUT2D eigenvalue weighted by Gasteiger charge is 2.08. The Bertz CT molecular complexity index is 952. The van der Waals surface area contributed by atoms with Crippen molar-refractivity contribution < 1.29 is 9.21 Å². The van der Waals surface area contributed by atoms with E-state index in [0.29, 0.717) is 42.6 Å². The number of thiophene rings is 1. The number of hydrogen-bond donors (Lipinski definition) is 2. The molecule has 3 aromatic heterocycles. The lowest BCUT2D eigenvalue weighted by Gasteiger charge is -2.05. The fraction of sp³-hybridized carbons (Fsp3) is 0.353. The summed E-state index contributed by atoms with van der Waals surface area (Å²) >= 11 is 1.32. The van der Waals surface area contributed by atoms with Crippen molar-refractivity contribution in [3.63, 3.8) is 0 Å². The largest absolute Gasteiger partial charge is 0.467 e. The Morgan fingerprint density at radius 1 is 1.24 bits per heavy atom. The Kier molecular flexibility index (Phi) is 5.49. The molecule has 0 unspecified atom stereocenters. The topological polar surface area (TPSA) is 97.1 Å². The molecule has 2 N–H and O–H groups in total. The van der Waals surface area contributed by atoms with Crippen molar-refractivity contribution in [2.45, 2.75) is 38.8 Å². The average molecular weight is 361 g/mol. The van der Waals surface area contributed by atoms with Crippen molar-refractivity contribution in [3.8, 4) is 0 Å². The Morgan fingerprint density at radius 2 is 2.12 bits per heavy atom. The molecule has 0 saturated heterocycles. The van der Waals surface area contributed by atoms with Crippen LogP contribution in [0.4, 0.5) is 0 Å². The molecule has 0 aliphatic rings. The van der Waals surface area contributed by atoms with Gasteiger partial charge in [-0.2, -0.15) is 0 Å². The second-order valence-corrected chi connectivity index (χ2v) is 6.63. The van der Waals surface area contributed by atoms with Gasteiger partial charge in [-0.15, -0.1) is 11.3 Å². The van der Waals surface area contributed by atoms with Gasteiger partial charge in [0.1, 0.15) is 10.5 Å². The first-order valence-electron chi connectivity index (χ1n) is 8.14. The lowest BCUT2D eigenvalue weighted by Crippen LogP contribution is -2.34. The molecule has 0 aliphatic carbocycles. The zero-order valence-electron chi connectivity index (χ0n) is 13.6. The highest BCUT2D eigenvalue weighted by atomic mass is 32.1. The number of carbonyl (C=O) groups is 1. The number of carbonyl (C=O) groups excluding carboxylic acids is 1. The predicted octanol–water partition coefficient (Wildman–Crippen LogP) is 2.22. The third-order valence-electron chi connectivity index (χ3n) is 3.92. The lowest BCUT2D eigenvalue weighted by atomic mass is 10.2. The van der Waals surface area contributed by atoms with Crippen LogP contribution >= 0.6 is 11.3 Å². The van der Waals surface area contributed by atoms with E-state index in [1.165, 1.54) is 15.9 Å². The van der Waals surface area contributed by atoms with Crippen molar-refractivity contribution in [1.29, 1.82) is 0 Å². The maximum Gasteiger partial charge on any atom is 0.328 e. The number of hydrogen-bond acceptors (Lipinski definition) is 5. The van der Waals surface area contributed by atoms with Crippen LogP contribution in [0.1, 0.15) is 31.4 Å². The fourth-order valence-electron chi connectivity index (χ4n) is 2.59. The van der Waals surface area contributed by atoms with Crippen LogP contribution in [-0.4, -0.2) is 15.5 Å². The monoisotopic (exact) mass is 361 g/mol. The van der Waals surface area contributed by atoms with Gasteiger partial charge in [0.25, 0.3) is 5.56 Å². The fourth-order valence-corrected chi connectivity index (χ4v) is 3.39. The van der Waals surface area contributed by atoms with Crippen LogP contribution < -0.4 is 16.6 Å². The second kappa shape index (κ2) is 7.98. The summed E-state index contributed by atoms with van der Waals surface area (Å²) in [6, 6.07) is 5.31. The molecule has 0 saturated carbocycles. The third kappa shape index (κ3) is 4.27. The summed E-state index contributed by atoms with van der Waals surface area (Å²) in [6.45, 7) is 0.744. The number of furan rings is 1. The summed E-state index contributed by atoms with van der Waals surface area (Å²) in [6.07, 6.45) is 4.13. The number of nitrogens with zero attached hydrogens (tertiary/aromatic N) is 1. The average Bonchev–Trinajstić information content (AvgIpc) is 3.26. The van der Waals surface area contributed by atoms with E-state index in [-0.39, 0.29) is 17.2 Å². The molecular weight excluding hydrogens is 342 g/mol. The third-order valence-corrected chi connectivity index (χ3v) is 4.82. The standard InChI is InChI=1S/C17H19N3O4S/c21-14(18-11-12-5-4-9-24-12)6-2-1-3-8-20-16(22)15-13(7-10-25-15)19-17(20)23/h4-5,7,9-10H,1-3,6,8,11H2,(H,18,21)(H,19,23). The first-order chi connectivity index (χ1) is 12.1. The highest BCUT2D eigenvalue weighted by Crippen LogP contribution is 2.12. The summed E-state index contributed by atoms with van der Waals surface area (Å²) in [4.78, 5) is 38.7. The molecule has 132 valence electrons. The quantitative estimate of drug-likeness (QED) is 0.601. The molecule has 0 aliphatic heterocycles. The van der Waals surface area contributed by atoms with Gasteiger partial charge in [0.15, 0.2) is 0 Å². The number of amides is 1. The normalized spacial score (nSPS) is 11.0. The first-order valence-corrected chi connectivity index (χ1v) is 9.02. The van der Waals surface area contributed by atoms with Crippen LogP contribution in [0.5, 0.6) is 0 Å². The summed E-state index contributed by atoms with van der Waals surface area (Å²) < 4.78 is 6.94. The number of nitrogens with one attached hydrogen (secondary N) is 2. The van der Waals surface area contributed by atoms with E-state index in [1.807, 2.05) is 0 Å². The minimum absolute atomic E-state index is 0.0357. The molecule has 25 heavy (non-hydrogen) atoms. The van der Waals surface area contributed by atoms with Crippen LogP contribution in [-0.2, 0) is 17.9 Å². The number of fused-ring (bicyclic) bond motifs is 1. The Balaban J connectivity index is 1.42. The van der Waals surface area contributed by atoms with Gasteiger partial charge in [0, 0.05) is 13.0 Å². The van der Waals surface area contributed by atoms with Crippen LogP contribution in [0.15, 0.2) is 43.8 Å². The maximum atomic E-state index is 12.3. The molecule has 0 fully saturated rings. The van der Waals surface area contributed by atoms with Crippen molar-refractivity contribution in [3.05, 3.63) is 56.4 Å². The predicted molar refractivity (Wildman–Crippen MR) is 95.7 cm³/mol. The van der Waals surface area contributed by atoms with Crippen LogP contribution in [0.2, 0.25) is 0 Å². The first kappa shape index (κ1) is 17.2. The van der Waals surface area contributed by atoms with Gasteiger partial charge in [-0.1, -0.05) is 6.42 Å². The smallest absolute Gasteiger partial charge is 0.328 e. The van der Waals surface area contributed by atoms with Crippen molar-refractivity contribution in [1.82, 2.24) is 14.9 Å². The van der Waals surface area contributed by atoms with Gasteiger partial charge in [0.2, 0.25) is 5.91 Å². The van der Waals surface area contributed by atoms with Crippen molar-refractivity contribution >= 4 is 27.5 Å². The van der Waals surface area contributed by atoms with Crippen LogP contribution in [0.25, 0.3) is 10.2 Å². The SMILES string of the molecule is O=C(CCCCCn1c(=O)[nH]c2ccsc2c1=O)NCc1ccco1. The van der Waals surface area contributed by atoms with Crippen molar-refractivity contribution in [2.75, 3.05) is 0 Å². The highest BCUT2D eigenvalue weighted by molar-refractivity contribution is 7.17. The van der Waals surface area contributed by atoms with E-state index in [1.54, 1.807) is 29.8 Å². The Morgan fingerprint density at radius 3 is 2.92 bits per heavy atom. The molecule has 3 rings (SSSR count). The molecule has 3 aromatic rings. The van der Waals surface area contributed by atoms with E-state index in [0.717, 1.165) is 12.2 Å². The molecule has 1 amide bonds. The summed E-state index contributed by atoms with van der Waals surface area (Å²) in [5.41, 5.74) is -0.0403. The maximum absolute atomic E-state index is 12.3. The summed E-state index contributed by atoms with van der Waals surface area (Å²) in [5, 5.41) is 4.57.